The topological polar surface area (TPSA) is 88.6 Å². The van der Waals surface area contributed by atoms with Gasteiger partial charge in [-0.1, -0.05) is 11.6 Å². The summed E-state index contributed by atoms with van der Waals surface area (Å²) in [6, 6.07) is 10.6. The predicted octanol–water partition coefficient (Wildman–Crippen LogP) is 4.31. The van der Waals surface area contributed by atoms with E-state index in [1.54, 1.807) is 7.11 Å². The van der Waals surface area contributed by atoms with E-state index in [0.717, 1.165) is 29.0 Å². The molecule has 0 saturated carbocycles. The average molecular weight is 490 g/mol. The SMILES string of the molecule is COc1ccc(C)cc1-c1csc(NC(=O)C2CCN(S(=O)(=O)c3ccc(F)cc3)CC2)n1. The summed E-state index contributed by atoms with van der Waals surface area (Å²) in [7, 11) is -2.11. The molecule has 1 aliphatic rings. The molecular weight excluding hydrogens is 465 g/mol. The number of benzene rings is 2. The lowest BCUT2D eigenvalue weighted by Gasteiger charge is -2.30. The summed E-state index contributed by atoms with van der Waals surface area (Å²) in [5.74, 6) is -0.273. The summed E-state index contributed by atoms with van der Waals surface area (Å²) >= 11 is 1.33. The molecule has 0 radical (unpaired) electrons. The van der Waals surface area contributed by atoms with Crippen LogP contribution >= 0.6 is 11.3 Å². The van der Waals surface area contributed by atoms with Gasteiger partial charge in [0.2, 0.25) is 15.9 Å². The Labute approximate surface area is 196 Å². The number of rotatable bonds is 6. The van der Waals surface area contributed by atoms with E-state index in [2.05, 4.69) is 10.3 Å². The van der Waals surface area contributed by atoms with Crippen LogP contribution in [0.4, 0.5) is 9.52 Å². The summed E-state index contributed by atoms with van der Waals surface area (Å²) in [5.41, 5.74) is 2.65. The minimum atomic E-state index is -3.71. The molecule has 0 unspecified atom stereocenters. The zero-order valence-corrected chi connectivity index (χ0v) is 19.9. The Kier molecular flexibility index (Phi) is 6.78. The Balaban J connectivity index is 1.38. The van der Waals surface area contributed by atoms with Crippen molar-refractivity contribution in [2.24, 2.45) is 5.92 Å². The Morgan fingerprint density at radius 3 is 2.55 bits per heavy atom. The number of halogens is 1. The van der Waals surface area contributed by atoms with Crippen molar-refractivity contribution in [3.05, 3.63) is 59.2 Å². The summed E-state index contributed by atoms with van der Waals surface area (Å²) in [5, 5.41) is 5.22. The summed E-state index contributed by atoms with van der Waals surface area (Å²) in [6.07, 6.45) is 0.798. The minimum Gasteiger partial charge on any atom is -0.496 e. The fraction of sp³-hybridized carbons (Fsp3) is 0.304. The molecular formula is C23H24FN3O4S2. The molecule has 0 atom stereocenters. The molecule has 33 heavy (non-hydrogen) atoms. The van der Waals surface area contributed by atoms with Gasteiger partial charge in [-0.05, 0) is 56.2 Å². The van der Waals surface area contributed by atoms with Crippen molar-refractivity contribution < 1.29 is 22.3 Å². The Bertz CT molecular complexity index is 1250. The number of carbonyl (C=O) groups excluding carboxylic acids is 1. The molecule has 2 heterocycles. The average Bonchev–Trinajstić information content (AvgIpc) is 3.27. The van der Waals surface area contributed by atoms with Crippen LogP contribution in [0.15, 0.2) is 52.7 Å². The number of sulfonamides is 1. The molecule has 1 saturated heterocycles. The maximum Gasteiger partial charge on any atom is 0.243 e. The first-order chi connectivity index (χ1) is 15.8. The lowest BCUT2D eigenvalue weighted by molar-refractivity contribution is -0.120. The minimum absolute atomic E-state index is 0.0497. The lowest BCUT2D eigenvalue weighted by Crippen LogP contribution is -2.41. The van der Waals surface area contributed by atoms with Gasteiger partial charge in [0.25, 0.3) is 0 Å². The van der Waals surface area contributed by atoms with Crippen LogP contribution < -0.4 is 10.1 Å². The van der Waals surface area contributed by atoms with Gasteiger partial charge in [0.1, 0.15) is 11.6 Å². The molecule has 2 aromatic carbocycles. The van der Waals surface area contributed by atoms with E-state index in [9.17, 15) is 17.6 Å². The largest absolute Gasteiger partial charge is 0.496 e. The van der Waals surface area contributed by atoms with Gasteiger partial charge >= 0.3 is 0 Å². The molecule has 3 aromatic rings. The molecule has 174 valence electrons. The number of ether oxygens (including phenoxy) is 1. The second-order valence-corrected chi connectivity index (χ2v) is 10.7. The van der Waals surface area contributed by atoms with Crippen molar-refractivity contribution >= 4 is 32.4 Å². The van der Waals surface area contributed by atoms with Gasteiger partial charge in [0, 0.05) is 30.0 Å². The zero-order chi connectivity index (χ0) is 23.6. The van der Waals surface area contributed by atoms with Crippen LogP contribution in [0.5, 0.6) is 5.75 Å². The number of piperidine rings is 1. The molecule has 4 rings (SSSR count). The number of hydrogen-bond acceptors (Lipinski definition) is 6. The highest BCUT2D eigenvalue weighted by atomic mass is 32.2. The number of hydrogen-bond donors (Lipinski definition) is 1. The van der Waals surface area contributed by atoms with Gasteiger partial charge in [-0.2, -0.15) is 4.31 Å². The quantitative estimate of drug-likeness (QED) is 0.558. The molecule has 10 heteroatoms. The molecule has 1 aliphatic heterocycles. The van der Waals surface area contributed by atoms with Gasteiger partial charge in [-0.25, -0.2) is 17.8 Å². The van der Waals surface area contributed by atoms with Crippen molar-refractivity contribution in [2.75, 3.05) is 25.5 Å². The van der Waals surface area contributed by atoms with E-state index in [-0.39, 0.29) is 29.8 Å². The zero-order valence-electron chi connectivity index (χ0n) is 18.2. The van der Waals surface area contributed by atoms with Crippen molar-refractivity contribution in [2.45, 2.75) is 24.7 Å². The molecule has 7 nitrogen and oxygen atoms in total. The highest BCUT2D eigenvalue weighted by molar-refractivity contribution is 7.89. The number of thiazole rings is 1. The number of anilines is 1. The molecule has 1 amide bonds. The molecule has 0 aliphatic carbocycles. The molecule has 1 fully saturated rings. The third-order valence-corrected chi connectivity index (χ3v) is 8.31. The first kappa shape index (κ1) is 23.3. The van der Waals surface area contributed by atoms with Crippen LogP contribution in [0.25, 0.3) is 11.3 Å². The van der Waals surface area contributed by atoms with E-state index in [1.165, 1.54) is 27.8 Å². The van der Waals surface area contributed by atoms with Crippen molar-refractivity contribution in [3.8, 4) is 17.0 Å². The molecule has 0 bridgehead atoms. The Morgan fingerprint density at radius 2 is 1.88 bits per heavy atom. The number of aryl methyl sites for hydroxylation is 1. The van der Waals surface area contributed by atoms with Gasteiger partial charge < -0.3 is 10.1 Å². The van der Waals surface area contributed by atoms with Crippen molar-refractivity contribution in [1.29, 1.82) is 0 Å². The second kappa shape index (κ2) is 9.58. The highest BCUT2D eigenvalue weighted by Crippen LogP contribution is 2.33. The van der Waals surface area contributed by atoms with Gasteiger partial charge in [-0.3, -0.25) is 4.79 Å². The summed E-state index contributed by atoms with van der Waals surface area (Å²) in [4.78, 5) is 17.4. The number of nitrogens with one attached hydrogen (secondary N) is 1. The molecule has 1 aromatic heterocycles. The first-order valence-electron chi connectivity index (χ1n) is 10.4. The Hall–Kier alpha value is -2.82. The molecule has 1 N–H and O–H groups in total. The van der Waals surface area contributed by atoms with Crippen LogP contribution in [0.2, 0.25) is 0 Å². The van der Waals surface area contributed by atoms with Crippen LogP contribution in [0, 0.1) is 18.7 Å². The lowest BCUT2D eigenvalue weighted by atomic mass is 9.97. The highest BCUT2D eigenvalue weighted by Gasteiger charge is 2.32. The van der Waals surface area contributed by atoms with Crippen molar-refractivity contribution in [3.63, 3.8) is 0 Å². The number of amides is 1. The van der Waals surface area contributed by atoms with Gasteiger partial charge in [-0.15, -0.1) is 11.3 Å². The number of methoxy groups -OCH3 is 1. The number of carbonyl (C=O) groups is 1. The maximum atomic E-state index is 13.1. The van der Waals surface area contributed by atoms with Gasteiger partial charge in [0.15, 0.2) is 5.13 Å². The fourth-order valence-electron chi connectivity index (χ4n) is 3.80. The van der Waals surface area contributed by atoms with E-state index in [4.69, 9.17) is 4.74 Å². The van der Waals surface area contributed by atoms with E-state index >= 15 is 0 Å². The van der Waals surface area contributed by atoms with E-state index in [1.807, 2.05) is 30.5 Å². The van der Waals surface area contributed by atoms with Gasteiger partial charge in [0.05, 0.1) is 17.7 Å². The maximum absolute atomic E-state index is 13.1. The normalized spacial score (nSPS) is 15.4. The second-order valence-electron chi connectivity index (χ2n) is 7.86. The van der Waals surface area contributed by atoms with Crippen LogP contribution in [-0.2, 0) is 14.8 Å². The van der Waals surface area contributed by atoms with Crippen LogP contribution in [-0.4, -0.2) is 43.8 Å². The van der Waals surface area contributed by atoms with E-state index < -0.39 is 15.8 Å². The Morgan fingerprint density at radius 1 is 1.18 bits per heavy atom. The fourth-order valence-corrected chi connectivity index (χ4v) is 5.98. The number of aromatic nitrogens is 1. The molecule has 0 spiro atoms. The monoisotopic (exact) mass is 489 g/mol. The van der Waals surface area contributed by atoms with Crippen LogP contribution in [0.3, 0.4) is 0 Å². The van der Waals surface area contributed by atoms with Crippen LogP contribution in [0.1, 0.15) is 18.4 Å². The first-order valence-corrected chi connectivity index (χ1v) is 12.8. The van der Waals surface area contributed by atoms with Crippen molar-refractivity contribution in [1.82, 2.24) is 9.29 Å². The third kappa shape index (κ3) is 5.07. The van der Waals surface area contributed by atoms with E-state index in [0.29, 0.717) is 23.7 Å². The standard InChI is InChI=1S/C23H24FN3O4S2/c1-15-3-8-21(31-2)19(13-15)20-14-32-23(25-20)26-22(28)16-9-11-27(12-10-16)33(29,30)18-6-4-17(24)5-7-18/h3-8,13-14,16H,9-12H2,1-2H3,(H,25,26,28). The predicted molar refractivity (Wildman–Crippen MR) is 125 cm³/mol. The smallest absolute Gasteiger partial charge is 0.243 e. The summed E-state index contributed by atoms with van der Waals surface area (Å²) in [6.45, 7) is 2.43. The number of nitrogens with zero attached hydrogens (tertiary/aromatic N) is 2. The third-order valence-electron chi connectivity index (χ3n) is 5.64. The summed E-state index contributed by atoms with van der Waals surface area (Å²) < 4.78 is 45.4.